The fraction of sp³-hybridized carbons (Fsp3) is 0.636. The van der Waals surface area contributed by atoms with Gasteiger partial charge in [0.15, 0.2) is 0 Å². The molecule has 2 aliphatic rings. The quantitative estimate of drug-likeness (QED) is 0.263. The Morgan fingerprint density at radius 3 is 2.44 bits per heavy atom. The topological polar surface area (TPSA) is 78.9 Å². The second kappa shape index (κ2) is 17.0. The van der Waals surface area contributed by atoms with Gasteiger partial charge in [0.25, 0.3) is 0 Å². The number of rotatable bonds is 17. The Labute approximate surface area is 245 Å². The number of anilines is 1. The molecule has 41 heavy (non-hydrogen) atoms. The van der Waals surface area contributed by atoms with Gasteiger partial charge in [0.05, 0.1) is 63.6 Å². The maximum absolute atomic E-state index is 10.2. The number of nitrogens with zero attached hydrogens (tertiary/aromatic N) is 1. The van der Waals surface area contributed by atoms with Crippen LogP contribution in [0.25, 0.3) is 0 Å². The Bertz CT molecular complexity index is 1020. The van der Waals surface area contributed by atoms with Gasteiger partial charge in [-0.3, -0.25) is 0 Å². The molecule has 0 radical (unpaired) electrons. The minimum atomic E-state index is -0.451. The monoisotopic (exact) mass is 571 g/mol. The molecule has 2 aromatic rings. The lowest BCUT2D eigenvalue weighted by Gasteiger charge is -2.39. The second-order valence-corrected chi connectivity index (χ2v) is 11.0. The van der Waals surface area contributed by atoms with E-state index < -0.39 is 6.10 Å². The van der Waals surface area contributed by atoms with E-state index in [0.717, 1.165) is 67.9 Å². The van der Waals surface area contributed by atoms with Gasteiger partial charge in [0.2, 0.25) is 0 Å². The molecule has 0 amide bonds. The first kappa shape index (κ1) is 31.7. The average molecular weight is 572 g/mol. The molecule has 2 aromatic carbocycles. The first-order valence-corrected chi connectivity index (χ1v) is 15.2. The lowest BCUT2D eigenvalue weighted by Crippen LogP contribution is -2.39. The Morgan fingerprint density at radius 2 is 1.68 bits per heavy atom. The van der Waals surface area contributed by atoms with E-state index in [-0.39, 0.29) is 18.1 Å². The third-order valence-electron chi connectivity index (χ3n) is 8.04. The van der Waals surface area contributed by atoms with E-state index in [2.05, 4.69) is 47.4 Å². The molecule has 1 aliphatic carbocycles. The summed E-state index contributed by atoms with van der Waals surface area (Å²) in [6.45, 7) is 7.84. The van der Waals surface area contributed by atoms with Crippen molar-refractivity contribution in [3.05, 3.63) is 59.2 Å². The van der Waals surface area contributed by atoms with E-state index in [4.69, 9.17) is 28.4 Å². The summed E-state index contributed by atoms with van der Waals surface area (Å²) in [5.74, 6) is 1.02. The fourth-order valence-electron chi connectivity index (χ4n) is 5.69. The highest BCUT2D eigenvalue weighted by atomic mass is 16.5. The highest BCUT2D eigenvalue weighted by Gasteiger charge is 2.36. The predicted octanol–water partition coefficient (Wildman–Crippen LogP) is 5.09. The van der Waals surface area contributed by atoms with Crippen molar-refractivity contribution < 1.29 is 33.5 Å². The Morgan fingerprint density at radius 1 is 0.927 bits per heavy atom. The fourth-order valence-corrected chi connectivity index (χ4v) is 5.69. The van der Waals surface area contributed by atoms with E-state index in [1.54, 1.807) is 14.2 Å². The van der Waals surface area contributed by atoms with Gasteiger partial charge in [-0.05, 0) is 60.9 Å². The van der Waals surface area contributed by atoms with Gasteiger partial charge >= 0.3 is 0 Å². The van der Waals surface area contributed by atoms with Crippen LogP contribution in [-0.2, 0) is 36.9 Å². The number of aliphatic hydroxyl groups is 1. The molecule has 1 aliphatic heterocycles. The molecular weight excluding hydrogens is 522 g/mol. The van der Waals surface area contributed by atoms with E-state index in [9.17, 15) is 5.11 Å². The van der Waals surface area contributed by atoms with Crippen molar-refractivity contribution in [1.82, 2.24) is 0 Å². The molecule has 0 unspecified atom stereocenters. The van der Waals surface area contributed by atoms with E-state index in [0.29, 0.717) is 46.1 Å². The first-order chi connectivity index (χ1) is 20.1. The van der Waals surface area contributed by atoms with E-state index in [1.165, 1.54) is 5.56 Å². The highest BCUT2D eigenvalue weighted by Crippen LogP contribution is 2.39. The predicted molar refractivity (Wildman–Crippen MR) is 160 cm³/mol. The third-order valence-corrected chi connectivity index (χ3v) is 8.04. The number of methoxy groups -OCH3 is 2. The Balaban J connectivity index is 1.46. The molecule has 8 heteroatoms. The SMILES string of the molecule is CC[C@H](O)CO[C@@H]1CCC[C@H](OCc2ccc3c(c2)N(CCCOC)CCO3)[C@H]1c1ccc(COCCOC)cc1. The van der Waals surface area contributed by atoms with Gasteiger partial charge in [-0.1, -0.05) is 37.3 Å². The van der Waals surface area contributed by atoms with Crippen molar-refractivity contribution in [1.29, 1.82) is 0 Å². The van der Waals surface area contributed by atoms with Crippen LogP contribution in [0.1, 0.15) is 61.6 Å². The summed E-state index contributed by atoms with van der Waals surface area (Å²) in [7, 11) is 3.42. The van der Waals surface area contributed by atoms with Gasteiger partial charge in [-0.15, -0.1) is 0 Å². The van der Waals surface area contributed by atoms with Gasteiger partial charge in [0, 0.05) is 33.3 Å². The third kappa shape index (κ3) is 9.40. The van der Waals surface area contributed by atoms with Crippen molar-refractivity contribution in [2.24, 2.45) is 0 Å². The van der Waals surface area contributed by atoms with Crippen molar-refractivity contribution >= 4 is 5.69 Å². The zero-order chi connectivity index (χ0) is 28.9. The summed E-state index contributed by atoms with van der Waals surface area (Å²) in [5, 5.41) is 10.2. The molecule has 1 heterocycles. The Kier molecular flexibility index (Phi) is 13.2. The average Bonchev–Trinajstić information content (AvgIpc) is 3.01. The zero-order valence-electron chi connectivity index (χ0n) is 25.1. The molecule has 4 atom stereocenters. The second-order valence-electron chi connectivity index (χ2n) is 11.0. The van der Waals surface area contributed by atoms with Gasteiger partial charge in [-0.2, -0.15) is 0 Å². The van der Waals surface area contributed by atoms with Crippen LogP contribution in [0.3, 0.4) is 0 Å². The molecule has 0 bridgehead atoms. The summed E-state index contributed by atoms with van der Waals surface area (Å²) in [6.07, 6.45) is 4.17. The van der Waals surface area contributed by atoms with Crippen LogP contribution >= 0.6 is 0 Å². The van der Waals surface area contributed by atoms with Crippen molar-refractivity contribution in [2.45, 2.75) is 76.5 Å². The highest BCUT2D eigenvalue weighted by molar-refractivity contribution is 5.61. The molecule has 1 N–H and O–H groups in total. The van der Waals surface area contributed by atoms with Crippen molar-refractivity contribution in [3.8, 4) is 5.75 Å². The standard InChI is InChI=1S/C33H49NO7/c1-4-28(35)24-41-32-8-5-7-31(33(32)27-12-9-25(10-13-27)22-38-20-19-37-3)40-23-26-11-14-30-29(21-26)34(16-18-39-30)15-6-17-36-2/h9-14,21,28,31-33,35H,4-8,15-20,22-24H2,1-3H3/t28-,31-,32+,33+/m0/s1. The molecule has 0 saturated heterocycles. The molecule has 1 fully saturated rings. The summed E-state index contributed by atoms with van der Waals surface area (Å²) in [5.41, 5.74) is 4.60. The van der Waals surface area contributed by atoms with Gasteiger partial charge in [0.1, 0.15) is 12.4 Å². The smallest absolute Gasteiger partial charge is 0.142 e. The number of ether oxygens (including phenoxy) is 6. The minimum absolute atomic E-state index is 0.00744. The van der Waals surface area contributed by atoms with Gasteiger partial charge < -0.3 is 38.4 Å². The largest absolute Gasteiger partial charge is 0.490 e. The van der Waals surface area contributed by atoms with E-state index in [1.807, 2.05) is 6.92 Å². The van der Waals surface area contributed by atoms with Crippen LogP contribution in [-0.4, -0.2) is 83.8 Å². The molecule has 228 valence electrons. The van der Waals surface area contributed by atoms with Crippen LogP contribution in [0.4, 0.5) is 5.69 Å². The van der Waals surface area contributed by atoms with Crippen LogP contribution in [0.2, 0.25) is 0 Å². The molecule has 4 rings (SSSR count). The zero-order valence-corrected chi connectivity index (χ0v) is 25.1. The van der Waals surface area contributed by atoms with Crippen LogP contribution in [0.5, 0.6) is 5.75 Å². The minimum Gasteiger partial charge on any atom is -0.490 e. The lowest BCUT2D eigenvalue weighted by molar-refractivity contribution is -0.0858. The number of hydrogen-bond acceptors (Lipinski definition) is 8. The van der Waals surface area contributed by atoms with Gasteiger partial charge in [-0.25, -0.2) is 0 Å². The van der Waals surface area contributed by atoms with Crippen molar-refractivity contribution in [2.75, 3.05) is 65.2 Å². The van der Waals surface area contributed by atoms with Crippen LogP contribution in [0.15, 0.2) is 42.5 Å². The summed E-state index contributed by atoms with van der Waals surface area (Å²) < 4.78 is 35.0. The number of hydrogen-bond donors (Lipinski definition) is 1. The molecular formula is C33H49NO7. The van der Waals surface area contributed by atoms with E-state index >= 15 is 0 Å². The Hall–Kier alpha value is -2.20. The summed E-state index contributed by atoms with van der Waals surface area (Å²) >= 11 is 0. The summed E-state index contributed by atoms with van der Waals surface area (Å²) in [6, 6.07) is 15.0. The van der Waals surface area contributed by atoms with Crippen LogP contribution in [0, 0.1) is 0 Å². The molecule has 0 spiro atoms. The lowest BCUT2D eigenvalue weighted by atomic mass is 9.79. The number of benzene rings is 2. The van der Waals surface area contributed by atoms with Crippen molar-refractivity contribution in [3.63, 3.8) is 0 Å². The molecule has 1 saturated carbocycles. The maximum Gasteiger partial charge on any atom is 0.142 e. The number of aliphatic hydroxyl groups excluding tert-OH is 1. The normalized spacial score (nSPS) is 21.4. The number of fused-ring (bicyclic) bond motifs is 1. The molecule has 0 aromatic heterocycles. The summed E-state index contributed by atoms with van der Waals surface area (Å²) in [4.78, 5) is 2.38. The first-order valence-electron chi connectivity index (χ1n) is 15.2. The van der Waals surface area contributed by atoms with Crippen LogP contribution < -0.4 is 9.64 Å². The maximum atomic E-state index is 10.2. The molecule has 8 nitrogen and oxygen atoms in total.